The number of rotatable bonds is 13. The smallest absolute Gasteiger partial charge is 0.160 e. The summed E-state index contributed by atoms with van der Waals surface area (Å²) in [4.78, 5) is 2.63. The Hall–Kier alpha value is -0.990. The lowest BCUT2D eigenvalue weighted by molar-refractivity contribution is 0.175. The molecule has 0 aromatic heterocycles. The maximum absolute atomic E-state index is 10.1. The Bertz CT molecular complexity index is 901. The molecule has 0 spiro atoms. The van der Waals surface area contributed by atoms with Crippen molar-refractivity contribution in [2.24, 2.45) is 0 Å². The fourth-order valence-electron chi connectivity index (χ4n) is 4.86. The van der Waals surface area contributed by atoms with Gasteiger partial charge >= 0.3 is 0 Å². The summed E-state index contributed by atoms with van der Waals surface area (Å²) in [7, 11) is 0. The topological polar surface area (TPSA) is 76.0 Å². The predicted molar refractivity (Wildman–Crippen MR) is 156 cm³/mol. The van der Waals surface area contributed by atoms with Gasteiger partial charge in [-0.25, -0.2) is 0 Å². The van der Waals surface area contributed by atoms with E-state index < -0.39 is 0 Å². The quantitative estimate of drug-likeness (QED) is 0.148. The monoisotopic (exact) mass is 634 g/mol. The molecule has 1 atom stereocenters. The lowest BCUT2D eigenvalue weighted by atomic mass is 9.86. The van der Waals surface area contributed by atoms with Gasteiger partial charge in [-0.3, -0.25) is 0 Å². The number of fused-ring (bicyclic) bond motifs is 1. The third kappa shape index (κ3) is 9.77. The highest BCUT2D eigenvalue weighted by Crippen LogP contribution is 2.36. The van der Waals surface area contributed by atoms with Crippen LogP contribution in [0.5, 0.6) is 17.2 Å². The van der Waals surface area contributed by atoms with E-state index in [0.717, 1.165) is 69.4 Å². The van der Waals surface area contributed by atoms with E-state index in [2.05, 4.69) is 17.1 Å². The molecule has 0 amide bonds. The summed E-state index contributed by atoms with van der Waals surface area (Å²) in [5, 5.41) is 33.3. The van der Waals surface area contributed by atoms with Gasteiger partial charge in [0.15, 0.2) is 11.5 Å². The second-order valence-corrected chi connectivity index (χ2v) is 9.61. The van der Waals surface area contributed by atoms with Gasteiger partial charge in [0, 0.05) is 11.6 Å². The molecule has 0 fully saturated rings. The summed E-state index contributed by atoms with van der Waals surface area (Å²) in [6.07, 6.45) is 9.78. The van der Waals surface area contributed by atoms with Gasteiger partial charge < -0.3 is 25.5 Å². The highest BCUT2D eigenvalue weighted by Gasteiger charge is 2.26. The van der Waals surface area contributed by atoms with Crippen molar-refractivity contribution in [1.82, 2.24) is 10.2 Å². The highest BCUT2D eigenvalue weighted by molar-refractivity contribution is 8.93. The zero-order valence-corrected chi connectivity index (χ0v) is 24.8. The van der Waals surface area contributed by atoms with Crippen LogP contribution in [0, 0.1) is 0 Å². The van der Waals surface area contributed by atoms with Crippen LogP contribution in [0.2, 0.25) is 5.02 Å². The van der Waals surface area contributed by atoms with Crippen molar-refractivity contribution in [3.63, 3.8) is 0 Å². The predicted octanol–water partition coefficient (Wildman–Crippen LogP) is 6.57. The fourth-order valence-corrected chi connectivity index (χ4v) is 5.06. The molecule has 4 N–H and O–H groups in total. The Kier molecular flexibility index (Phi) is 15.3. The second kappa shape index (κ2) is 16.7. The second-order valence-electron chi connectivity index (χ2n) is 9.20. The third-order valence-electron chi connectivity index (χ3n) is 6.72. The van der Waals surface area contributed by atoms with Crippen LogP contribution in [0.15, 0.2) is 30.3 Å². The van der Waals surface area contributed by atoms with E-state index in [1.165, 1.54) is 31.2 Å². The molecule has 0 unspecified atom stereocenters. The van der Waals surface area contributed by atoms with E-state index in [1.807, 2.05) is 18.2 Å². The van der Waals surface area contributed by atoms with E-state index in [1.54, 1.807) is 12.1 Å². The van der Waals surface area contributed by atoms with Crippen molar-refractivity contribution in [3.05, 3.63) is 52.0 Å². The first kappa shape index (κ1) is 32.0. The molecule has 0 saturated carbocycles. The minimum absolute atomic E-state index is 0. The first-order valence-electron chi connectivity index (χ1n) is 12.4. The van der Waals surface area contributed by atoms with Crippen LogP contribution >= 0.6 is 45.6 Å². The zero-order valence-electron chi connectivity index (χ0n) is 20.6. The molecule has 2 aromatic rings. The van der Waals surface area contributed by atoms with E-state index in [-0.39, 0.29) is 51.2 Å². The van der Waals surface area contributed by atoms with E-state index >= 15 is 0 Å². The van der Waals surface area contributed by atoms with Crippen LogP contribution < -0.4 is 5.32 Å². The first-order valence-corrected chi connectivity index (χ1v) is 12.8. The Labute approximate surface area is 236 Å². The van der Waals surface area contributed by atoms with Crippen molar-refractivity contribution in [2.45, 2.75) is 70.8 Å². The highest BCUT2D eigenvalue weighted by atomic mass is 79.9. The lowest BCUT2D eigenvalue weighted by Crippen LogP contribution is -2.40. The lowest BCUT2D eigenvalue weighted by Gasteiger charge is -2.35. The number of benzene rings is 2. The van der Waals surface area contributed by atoms with Gasteiger partial charge in [-0.1, -0.05) is 43.5 Å². The fraction of sp³-hybridized carbons (Fsp3) is 0.556. The third-order valence-corrected chi connectivity index (χ3v) is 7.02. The first-order chi connectivity index (χ1) is 16.0. The van der Waals surface area contributed by atoms with Crippen molar-refractivity contribution >= 4 is 45.6 Å². The molecule has 198 valence electrons. The number of halogens is 3. The van der Waals surface area contributed by atoms with Crippen LogP contribution in [-0.2, 0) is 19.3 Å². The number of unbranched alkanes of at least 4 members (excludes halogenated alkanes) is 3. The SMILES string of the molecule is Br.Br.CCCN(CCCCCCNCCc1ccc(O)c(Cl)c1)[C@H]1CCc2c(ccc(O)c2O)C1. The van der Waals surface area contributed by atoms with Gasteiger partial charge in [0.1, 0.15) is 5.75 Å². The molecule has 3 rings (SSSR count). The Morgan fingerprint density at radius 1 is 0.943 bits per heavy atom. The normalized spacial score (nSPS) is 14.8. The molecule has 8 heteroatoms. The molecule has 2 aromatic carbocycles. The van der Waals surface area contributed by atoms with Gasteiger partial charge in [0.05, 0.1) is 5.02 Å². The molecular weight excluding hydrogens is 596 g/mol. The standard InChI is InChI=1S/C27H39ClN2O3.2BrH/c1-2-16-30(22-9-10-23-21(19-22)8-12-26(32)27(23)33)17-6-4-3-5-14-29-15-13-20-7-11-25(31)24(28)18-20;;/h7-8,11-12,18,22,29,31-33H,2-6,9-10,13-17,19H2,1H3;2*1H/t22-;;/m0../s1. The summed E-state index contributed by atoms with van der Waals surface area (Å²) in [5.74, 6) is 0.212. The van der Waals surface area contributed by atoms with Gasteiger partial charge in [-0.2, -0.15) is 0 Å². The average molecular weight is 637 g/mol. The number of aromatic hydroxyl groups is 3. The molecule has 0 bridgehead atoms. The Balaban J connectivity index is 0.00000306. The number of nitrogens with one attached hydrogen (secondary N) is 1. The van der Waals surface area contributed by atoms with Gasteiger partial charge in [0.2, 0.25) is 0 Å². The minimum atomic E-state index is -0.00291. The van der Waals surface area contributed by atoms with Crippen LogP contribution in [0.4, 0.5) is 0 Å². The van der Waals surface area contributed by atoms with Crippen LogP contribution in [0.25, 0.3) is 0 Å². The maximum atomic E-state index is 10.1. The molecule has 0 heterocycles. The molecule has 0 aliphatic heterocycles. The molecule has 35 heavy (non-hydrogen) atoms. The van der Waals surface area contributed by atoms with E-state index in [9.17, 15) is 15.3 Å². The van der Waals surface area contributed by atoms with Gasteiger partial charge in [0.25, 0.3) is 0 Å². The molecule has 0 radical (unpaired) electrons. The van der Waals surface area contributed by atoms with Crippen molar-refractivity contribution in [3.8, 4) is 17.2 Å². The van der Waals surface area contributed by atoms with E-state index in [4.69, 9.17) is 11.6 Å². The summed E-state index contributed by atoms with van der Waals surface area (Å²) < 4.78 is 0. The molecule has 0 saturated heterocycles. The largest absolute Gasteiger partial charge is 0.506 e. The Morgan fingerprint density at radius 3 is 2.43 bits per heavy atom. The maximum Gasteiger partial charge on any atom is 0.160 e. The molecule has 1 aliphatic rings. The number of phenolic OH excluding ortho intramolecular Hbond substituents is 3. The average Bonchev–Trinajstić information content (AvgIpc) is 2.81. The number of hydrogen-bond donors (Lipinski definition) is 4. The molecular formula is C27H41Br2ClN2O3. The summed E-state index contributed by atoms with van der Waals surface area (Å²) in [6, 6.07) is 9.52. The van der Waals surface area contributed by atoms with Gasteiger partial charge in [-0.05, 0) is 100 Å². The zero-order chi connectivity index (χ0) is 23.6. The number of phenols is 3. The van der Waals surface area contributed by atoms with Crippen LogP contribution in [-0.4, -0.2) is 52.4 Å². The minimum Gasteiger partial charge on any atom is -0.506 e. The van der Waals surface area contributed by atoms with Crippen molar-refractivity contribution < 1.29 is 15.3 Å². The summed E-state index contributed by atoms with van der Waals surface area (Å²) in [5.41, 5.74) is 3.26. The Morgan fingerprint density at radius 2 is 1.69 bits per heavy atom. The van der Waals surface area contributed by atoms with Crippen LogP contribution in [0.3, 0.4) is 0 Å². The number of nitrogens with zero attached hydrogens (tertiary/aromatic N) is 1. The van der Waals surface area contributed by atoms with Gasteiger partial charge in [-0.15, -0.1) is 34.0 Å². The summed E-state index contributed by atoms with van der Waals surface area (Å²) >= 11 is 5.96. The molecule has 1 aliphatic carbocycles. The van der Waals surface area contributed by atoms with Crippen molar-refractivity contribution in [1.29, 1.82) is 0 Å². The summed E-state index contributed by atoms with van der Waals surface area (Å²) in [6.45, 7) is 6.44. The van der Waals surface area contributed by atoms with E-state index in [0.29, 0.717) is 11.1 Å². The number of hydrogen-bond acceptors (Lipinski definition) is 5. The van der Waals surface area contributed by atoms with Crippen LogP contribution in [0.1, 0.15) is 62.1 Å². The van der Waals surface area contributed by atoms with Crippen molar-refractivity contribution in [2.75, 3.05) is 26.2 Å². The molecule has 5 nitrogen and oxygen atoms in total.